The molecule has 0 radical (unpaired) electrons. The highest BCUT2D eigenvalue weighted by molar-refractivity contribution is 7.92. The van der Waals surface area contributed by atoms with Gasteiger partial charge in [-0.25, -0.2) is 22.2 Å². The Morgan fingerprint density at radius 1 is 1.04 bits per heavy atom. The predicted molar refractivity (Wildman–Crippen MR) is 102 cm³/mol. The number of anilines is 1. The van der Waals surface area contributed by atoms with Gasteiger partial charge >= 0.3 is 0 Å². The minimum Gasteiger partial charge on any atom is -0.246 e. The zero-order chi connectivity index (χ0) is 19.8. The molecule has 0 aliphatic heterocycles. The number of nitrogens with zero attached hydrogens (tertiary/aromatic N) is 3. The standard InChI is InChI=1S/C19H21FN4O2S/c1-12-9-13(2)15(4)18(14(12)3)27(25,26)23-19-21-11-24(22-19)10-16-5-7-17(20)8-6-16/h5-9,11H,10H2,1-4H3,(H,22,23). The van der Waals surface area contributed by atoms with Crippen molar-refractivity contribution in [2.24, 2.45) is 0 Å². The molecular weight excluding hydrogens is 367 g/mol. The van der Waals surface area contributed by atoms with Crippen LogP contribution in [0.4, 0.5) is 10.3 Å². The lowest BCUT2D eigenvalue weighted by molar-refractivity contribution is 0.599. The molecule has 8 heteroatoms. The first-order valence-electron chi connectivity index (χ1n) is 8.41. The van der Waals surface area contributed by atoms with Crippen LogP contribution in [0.2, 0.25) is 0 Å². The maximum Gasteiger partial charge on any atom is 0.264 e. The summed E-state index contributed by atoms with van der Waals surface area (Å²) in [6.45, 7) is 7.71. The van der Waals surface area contributed by atoms with E-state index in [0.717, 1.165) is 16.7 Å². The largest absolute Gasteiger partial charge is 0.264 e. The fourth-order valence-corrected chi connectivity index (χ4v) is 4.51. The molecule has 0 atom stereocenters. The van der Waals surface area contributed by atoms with Crippen LogP contribution in [0.1, 0.15) is 27.8 Å². The number of aromatic nitrogens is 3. The van der Waals surface area contributed by atoms with Gasteiger partial charge in [-0.15, -0.1) is 5.10 Å². The van der Waals surface area contributed by atoms with Crippen LogP contribution in [0.5, 0.6) is 0 Å². The smallest absolute Gasteiger partial charge is 0.246 e. The maximum absolute atomic E-state index is 13.0. The van der Waals surface area contributed by atoms with Crippen molar-refractivity contribution >= 4 is 16.0 Å². The first kappa shape index (κ1) is 19.0. The van der Waals surface area contributed by atoms with Gasteiger partial charge in [-0.05, 0) is 67.6 Å². The van der Waals surface area contributed by atoms with E-state index < -0.39 is 10.0 Å². The van der Waals surface area contributed by atoms with Gasteiger partial charge in [0.1, 0.15) is 12.1 Å². The van der Waals surface area contributed by atoms with Crippen LogP contribution in [-0.4, -0.2) is 23.2 Å². The number of hydrogen-bond donors (Lipinski definition) is 1. The van der Waals surface area contributed by atoms with Gasteiger partial charge in [-0.3, -0.25) is 0 Å². The molecule has 0 spiro atoms. The highest BCUT2D eigenvalue weighted by Crippen LogP contribution is 2.27. The first-order valence-corrected chi connectivity index (χ1v) is 9.90. The summed E-state index contributed by atoms with van der Waals surface area (Å²) in [4.78, 5) is 4.29. The second-order valence-corrected chi connectivity index (χ2v) is 8.21. The molecule has 142 valence electrons. The molecule has 0 aliphatic rings. The Hall–Kier alpha value is -2.74. The first-order chi connectivity index (χ1) is 12.7. The topological polar surface area (TPSA) is 76.9 Å². The van der Waals surface area contributed by atoms with E-state index in [4.69, 9.17) is 0 Å². The average molecular weight is 388 g/mol. The van der Waals surface area contributed by atoms with Gasteiger partial charge < -0.3 is 0 Å². The van der Waals surface area contributed by atoms with Gasteiger partial charge in [-0.1, -0.05) is 18.2 Å². The number of aryl methyl sites for hydroxylation is 2. The van der Waals surface area contributed by atoms with E-state index in [2.05, 4.69) is 14.8 Å². The van der Waals surface area contributed by atoms with Crippen molar-refractivity contribution in [2.45, 2.75) is 39.1 Å². The van der Waals surface area contributed by atoms with Crippen molar-refractivity contribution in [1.82, 2.24) is 14.8 Å². The molecular formula is C19H21FN4O2S. The average Bonchev–Trinajstić information content (AvgIpc) is 3.01. The van der Waals surface area contributed by atoms with E-state index in [1.54, 1.807) is 26.0 Å². The Labute approximate surface area is 158 Å². The fraction of sp³-hybridized carbons (Fsp3) is 0.263. The van der Waals surface area contributed by atoms with Crippen molar-refractivity contribution in [3.05, 3.63) is 70.3 Å². The second-order valence-electron chi connectivity index (χ2n) is 6.59. The minimum atomic E-state index is -3.82. The Bertz CT molecular complexity index is 1060. The molecule has 1 heterocycles. The predicted octanol–water partition coefficient (Wildman–Crippen LogP) is 3.50. The summed E-state index contributed by atoms with van der Waals surface area (Å²) in [5.74, 6) is -0.319. The quantitative estimate of drug-likeness (QED) is 0.726. The van der Waals surface area contributed by atoms with Gasteiger partial charge in [0.05, 0.1) is 11.4 Å². The number of rotatable bonds is 5. The van der Waals surface area contributed by atoms with E-state index in [1.165, 1.54) is 23.1 Å². The molecule has 0 unspecified atom stereocenters. The van der Waals surface area contributed by atoms with Gasteiger partial charge in [0.2, 0.25) is 0 Å². The third-order valence-electron chi connectivity index (χ3n) is 4.59. The zero-order valence-electron chi connectivity index (χ0n) is 15.6. The van der Waals surface area contributed by atoms with Crippen molar-refractivity contribution in [2.75, 3.05) is 4.72 Å². The number of sulfonamides is 1. The van der Waals surface area contributed by atoms with Gasteiger partial charge in [0.25, 0.3) is 16.0 Å². The van der Waals surface area contributed by atoms with E-state index in [-0.39, 0.29) is 16.7 Å². The van der Waals surface area contributed by atoms with Crippen LogP contribution >= 0.6 is 0 Å². The summed E-state index contributed by atoms with van der Waals surface area (Å²) in [6, 6.07) is 7.98. The molecule has 27 heavy (non-hydrogen) atoms. The van der Waals surface area contributed by atoms with Crippen molar-refractivity contribution < 1.29 is 12.8 Å². The van der Waals surface area contributed by atoms with E-state index in [1.807, 2.05) is 19.9 Å². The Kier molecular flexibility index (Phi) is 5.01. The molecule has 6 nitrogen and oxygen atoms in total. The second kappa shape index (κ2) is 7.11. The highest BCUT2D eigenvalue weighted by atomic mass is 32.2. The normalized spacial score (nSPS) is 11.6. The third-order valence-corrected chi connectivity index (χ3v) is 6.19. The molecule has 0 saturated heterocycles. The number of benzene rings is 2. The SMILES string of the molecule is Cc1cc(C)c(C)c(S(=O)(=O)Nc2ncn(Cc3ccc(F)cc3)n2)c1C. The molecule has 1 aromatic heterocycles. The van der Waals surface area contributed by atoms with Crippen molar-refractivity contribution in [1.29, 1.82) is 0 Å². The maximum atomic E-state index is 13.0. The molecule has 0 bridgehead atoms. The summed E-state index contributed by atoms with van der Waals surface area (Å²) >= 11 is 0. The molecule has 0 aliphatic carbocycles. The van der Waals surface area contributed by atoms with Crippen LogP contribution < -0.4 is 4.72 Å². The van der Waals surface area contributed by atoms with Crippen LogP contribution in [0, 0.1) is 33.5 Å². The number of hydrogen-bond acceptors (Lipinski definition) is 4. The lowest BCUT2D eigenvalue weighted by atomic mass is 10.0. The monoisotopic (exact) mass is 388 g/mol. The molecule has 0 saturated carbocycles. The van der Waals surface area contributed by atoms with Gasteiger partial charge in [0, 0.05) is 0 Å². The lowest BCUT2D eigenvalue weighted by Gasteiger charge is -2.15. The van der Waals surface area contributed by atoms with Crippen LogP contribution in [0.25, 0.3) is 0 Å². The van der Waals surface area contributed by atoms with E-state index in [9.17, 15) is 12.8 Å². The van der Waals surface area contributed by atoms with Crippen molar-refractivity contribution in [3.63, 3.8) is 0 Å². The summed E-state index contributed by atoms with van der Waals surface area (Å²) in [7, 11) is -3.82. The van der Waals surface area contributed by atoms with Crippen molar-refractivity contribution in [3.8, 4) is 0 Å². The number of halogens is 1. The third kappa shape index (κ3) is 4.00. The number of nitrogens with one attached hydrogen (secondary N) is 1. The van der Waals surface area contributed by atoms with E-state index >= 15 is 0 Å². The molecule has 1 N–H and O–H groups in total. The van der Waals surface area contributed by atoms with Crippen LogP contribution in [-0.2, 0) is 16.6 Å². The summed E-state index contributed by atoms with van der Waals surface area (Å²) in [5.41, 5.74) is 4.06. The van der Waals surface area contributed by atoms with Gasteiger partial charge in [-0.2, -0.15) is 4.98 Å². The molecule has 0 amide bonds. The summed E-state index contributed by atoms with van der Waals surface area (Å²) in [6.07, 6.45) is 1.43. The zero-order valence-corrected chi connectivity index (χ0v) is 16.4. The summed E-state index contributed by atoms with van der Waals surface area (Å²) < 4.78 is 42.8. The van der Waals surface area contributed by atoms with Crippen LogP contribution in [0.3, 0.4) is 0 Å². The molecule has 3 rings (SSSR count). The van der Waals surface area contributed by atoms with Crippen LogP contribution in [0.15, 0.2) is 41.6 Å². The minimum absolute atomic E-state index is 0.00456. The Morgan fingerprint density at radius 2 is 1.63 bits per heavy atom. The molecule has 0 fully saturated rings. The Balaban J connectivity index is 1.86. The Morgan fingerprint density at radius 3 is 2.22 bits per heavy atom. The molecule has 2 aromatic carbocycles. The lowest BCUT2D eigenvalue weighted by Crippen LogP contribution is -2.18. The highest BCUT2D eigenvalue weighted by Gasteiger charge is 2.23. The summed E-state index contributed by atoms with van der Waals surface area (Å²) in [5, 5.41) is 4.16. The molecule has 3 aromatic rings. The van der Waals surface area contributed by atoms with Gasteiger partial charge in [0.15, 0.2) is 0 Å². The fourth-order valence-electron chi connectivity index (χ4n) is 2.95. The van der Waals surface area contributed by atoms with E-state index in [0.29, 0.717) is 17.7 Å².